The molecule has 0 amide bonds. The van der Waals surface area contributed by atoms with Crippen LogP contribution < -0.4 is 10.6 Å². The van der Waals surface area contributed by atoms with Crippen LogP contribution in [-0.2, 0) is 11.3 Å². The highest BCUT2D eigenvalue weighted by Gasteiger charge is 2.23. The number of aryl methyl sites for hydroxylation is 1. The number of benzene rings is 1. The molecule has 3 nitrogen and oxygen atoms in total. The summed E-state index contributed by atoms with van der Waals surface area (Å²) >= 11 is 0. The molecule has 1 heterocycles. The summed E-state index contributed by atoms with van der Waals surface area (Å²) in [6.45, 7) is 4.75. The number of hydrogen-bond acceptors (Lipinski definition) is 3. The standard InChI is InChI=1S/C13H20N2O/c1-10-3-4-13(11(7-10)8-14)15-6-5-12(9-15)16-2/h3-4,7,12H,5-6,8-9,14H2,1-2H3. The molecule has 88 valence electrons. The fourth-order valence-corrected chi connectivity index (χ4v) is 2.33. The summed E-state index contributed by atoms with van der Waals surface area (Å²) in [6.07, 6.45) is 1.47. The minimum atomic E-state index is 0.368. The minimum absolute atomic E-state index is 0.368. The molecular weight excluding hydrogens is 200 g/mol. The van der Waals surface area contributed by atoms with Crippen molar-refractivity contribution >= 4 is 5.69 Å². The van der Waals surface area contributed by atoms with Crippen molar-refractivity contribution in [3.05, 3.63) is 29.3 Å². The number of nitrogens with zero attached hydrogens (tertiary/aromatic N) is 1. The number of nitrogens with two attached hydrogens (primary N) is 1. The zero-order valence-corrected chi connectivity index (χ0v) is 10.1. The van der Waals surface area contributed by atoms with Gasteiger partial charge in [0.2, 0.25) is 0 Å². The van der Waals surface area contributed by atoms with E-state index in [2.05, 4.69) is 30.0 Å². The van der Waals surface area contributed by atoms with Crippen molar-refractivity contribution in [1.82, 2.24) is 0 Å². The summed E-state index contributed by atoms with van der Waals surface area (Å²) in [4.78, 5) is 2.37. The molecule has 0 spiro atoms. The Kier molecular flexibility index (Phi) is 3.46. The molecule has 0 saturated carbocycles. The predicted octanol–water partition coefficient (Wildman–Crippen LogP) is 1.68. The van der Waals surface area contributed by atoms with Crippen LogP contribution in [0.25, 0.3) is 0 Å². The average Bonchev–Trinajstić information content (AvgIpc) is 2.77. The Balaban J connectivity index is 2.20. The van der Waals surface area contributed by atoms with Crippen molar-refractivity contribution in [1.29, 1.82) is 0 Å². The molecule has 1 unspecified atom stereocenters. The van der Waals surface area contributed by atoms with Crippen molar-refractivity contribution < 1.29 is 4.74 Å². The van der Waals surface area contributed by atoms with Crippen LogP contribution in [-0.4, -0.2) is 26.3 Å². The molecule has 2 rings (SSSR count). The Bertz CT molecular complexity index is 365. The average molecular weight is 220 g/mol. The maximum absolute atomic E-state index is 5.80. The zero-order chi connectivity index (χ0) is 11.5. The number of ether oxygens (including phenoxy) is 1. The summed E-state index contributed by atoms with van der Waals surface area (Å²) < 4.78 is 5.39. The van der Waals surface area contributed by atoms with E-state index in [1.807, 2.05) is 0 Å². The van der Waals surface area contributed by atoms with Crippen molar-refractivity contribution in [3.8, 4) is 0 Å². The van der Waals surface area contributed by atoms with E-state index < -0.39 is 0 Å². The molecule has 0 bridgehead atoms. The Hall–Kier alpha value is -1.06. The summed E-state index contributed by atoms with van der Waals surface area (Å²) in [5.41, 5.74) is 9.57. The largest absolute Gasteiger partial charge is 0.380 e. The highest BCUT2D eigenvalue weighted by molar-refractivity contribution is 5.55. The molecule has 0 aliphatic carbocycles. The fraction of sp³-hybridized carbons (Fsp3) is 0.538. The lowest BCUT2D eigenvalue weighted by Crippen LogP contribution is -2.23. The molecule has 1 saturated heterocycles. The predicted molar refractivity (Wildman–Crippen MR) is 66.7 cm³/mol. The van der Waals surface area contributed by atoms with Gasteiger partial charge in [-0.15, -0.1) is 0 Å². The Morgan fingerprint density at radius 3 is 2.94 bits per heavy atom. The van der Waals surface area contributed by atoms with E-state index >= 15 is 0 Å². The van der Waals surface area contributed by atoms with Crippen LogP contribution >= 0.6 is 0 Å². The molecule has 1 atom stereocenters. The SMILES string of the molecule is COC1CCN(c2ccc(C)cc2CN)C1. The summed E-state index contributed by atoms with van der Waals surface area (Å²) in [6, 6.07) is 6.50. The lowest BCUT2D eigenvalue weighted by Gasteiger charge is -2.21. The zero-order valence-electron chi connectivity index (χ0n) is 10.1. The molecule has 1 aromatic carbocycles. The normalized spacial score (nSPS) is 20.4. The minimum Gasteiger partial charge on any atom is -0.380 e. The first-order valence-corrected chi connectivity index (χ1v) is 5.82. The first-order chi connectivity index (χ1) is 7.74. The van der Waals surface area contributed by atoms with Crippen LogP contribution in [0.2, 0.25) is 0 Å². The van der Waals surface area contributed by atoms with Gasteiger partial charge in [-0.25, -0.2) is 0 Å². The molecule has 2 N–H and O–H groups in total. The third-order valence-corrected chi connectivity index (χ3v) is 3.27. The van der Waals surface area contributed by atoms with E-state index in [9.17, 15) is 0 Å². The maximum Gasteiger partial charge on any atom is 0.0762 e. The lowest BCUT2D eigenvalue weighted by atomic mass is 10.1. The van der Waals surface area contributed by atoms with Gasteiger partial charge >= 0.3 is 0 Å². The van der Waals surface area contributed by atoms with Crippen LogP contribution in [0.1, 0.15) is 17.5 Å². The molecule has 3 heteroatoms. The summed E-state index contributed by atoms with van der Waals surface area (Å²) in [5, 5.41) is 0. The van der Waals surface area contributed by atoms with Crippen molar-refractivity contribution in [3.63, 3.8) is 0 Å². The van der Waals surface area contributed by atoms with Crippen LogP contribution in [0.5, 0.6) is 0 Å². The van der Waals surface area contributed by atoms with Gasteiger partial charge in [-0.05, 0) is 25.0 Å². The van der Waals surface area contributed by atoms with Crippen LogP contribution in [0.15, 0.2) is 18.2 Å². The summed E-state index contributed by atoms with van der Waals surface area (Å²) in [5.74, 6) is 0. The van der Waals surface area contributed by atoms with Crippen LogP contribution in [0, 0.1) is 6.92 Å². The van der Waals surface area contributed by atoms with Gasteiger partial charge in [0.25, 0.3) is 0 Å². The van der Waals surface area contributed by atoms with E-state index in [4.69, 9.17) is 10.5 Å². The third kappa shape index (κ3) is 2.20. The van der Waals surface area contributed by atoms with Crippen LogP contribution in [0.4, 0.5) is 5.69 Å². The fourth-order valence-electron chi connectivity index (χ4n) is 2.33. The smallest absolute Gasteiger partial charge is 0.0762 e. The van der Waals surface area contributed by atoms with Gasteiger partial charge in [0.1, 0.15) is 0 Å². The van der Waals surface area contributed by atoms with Gasteiger partial charge in [-0.1, -0.05) is 17.7 Å². The molecule has 1 aliphatic rings. The highest BCUT2D eigenvalue weighted by Crippen LogP contribution is 2.26. The summed E-state index contributed by atoms with van der Waals surface area (Å²) in [7, 11) is 1.78. The number of rotatable bonds is 3. The molecule has 1 fully saturated rings. The third-order valence-electron chi connectivity index (χ3n) is 3.27. The number of anilines is 1. The van der Waals surface area contributed by atoms with Gasteiger partial charge in [0, 0.05) is 32.4 Å². The van der Waals surface area contributed by atoms with Gasteiger partial charge in [-0.2, -0.15) is 0 Å². The van der Waals surface area contributed by atoms with Gasteiger partial charge in [-0.3, -0.25) is 0 Å². The lowest BCUT2D eigenvalue weighted by molar-refractivity contribution is 0.121. The molecule has 1 aliphatic heterocycles. The second-order valence-corrected chi connectivity index (χ2v) is 4.43. The van der Waals surface area contributed by atoms with E-state index in [0.29, 0.717) is 12.6 Å². The maximum atomic E-state index is 5.80. The van der Waals surface area contributed by atoms with E-state index in [0.717, 1.165) is 19.5 Å². The van der Waals surface area contributed by atoms with Gasteiger partial charge in [0.15, 0.2) is 0 Å². The topological polar surface area (TPSA) is 38.5 Å². The second kappa shape index (κ2) is 4.85. The van der Waals surface area contributed by atoms with E-state index in [-0.39, 0.29) is 0 Å². The highest BCUT2D eigenvalue weighted by atomic mass is 16.5. The quantitative estimate of drug-likeness (QED) is 0.842. The molecule has 16 heavy (non-hydrogen) atoms. The van der Waals surface area contributed by atoms with Crippen molar-refractivity contribution in [2.75, 3.05) is 25.1 Å². The Morgan fingerprint density at radius 1 is 1.50 bits per heavy atom. The second-order valence-electron chi connectivity index (χ2n) is 4.43. The molecule has 0 aromatic heterocycles. The first kappa shape index (κ1) is 11.4. The monoisotopic (exact) mass is 220 g/mol. The first-order valence-electron chi connectivity index (χ1n) is 5.82. The Morgan fingerprint density at radius 2 is 2.31 bits per heavy atom. The van der Waals surface area contributed by atoms with Gasteiger partial charge in [0.05, 0.1) is 6.10 Å². The molecule has 1 aromatic rings. The van der Waals surface area contributed by atoms with Crippen molar-refractivity contribution in [2.24, 2.45) is 5.73 Å². The number of methoxy groups -OCH3 is 1. The van der Waals surface area contributed by atoms with Gasteiger partial charge < -0.3 is 15.4 Å². The molecule has 0 radical (unpaired) electrons. The molecular formula is C13H20N2O. The van der Waals surface area contributed by atoms with E-state index in [1.165, 1.54) is 16.8 Å². The van der Waals surface area contributed by atoms with Crippen LogP contribution in [0.3, 0.4) is 0 Å². The Labute approximate surface area is 97.2 Å². The van der Waals surface area contributed by atoms with E-state index in [1.54, 1.807) is 7.11 Å². The number of hydrogen-bond donors (Lipinski definition) is 1. The van der Waals surface area contributed by atoms with Crippen molar-refractivity contribution in [2.45, 2.75) is 26.0 Å².